The third-order valence-electron chi connectivity index (χ3n) is 3.31. The number of halogens is 1. The van der Waals surface area contributed by atoms with Crippen molar-refractivity contribution in [2.45, 2.75) is 17.7 Å². The molecule has 1 aromatic carbocycles. The number of benzene rings is 1. The Hall–Kier alpha value is -1.94. The van der Waals surface area contributed by atoms with E-state index in [1.165, 1.54) is 12.1 Å². The smallest absolute Gasteiger partial charge is 0.316 e. The Morgan fingerprint density at radius 2 is 2.17 bits per heavy atom. The first kappa shape index (κ1) is 16.9. The molecule has 24 heavy (non-hydrogen) atoms. The first-order chi connectivity index (χ1) is 11.4. The minimum atomic E-state index is -3.10. The number of ether oxygens (including phenoxy) is 1. The molecule has 1 saturated heterocycles. The molecule has 0 saturated carbocycles. The van der Waals surface area contributed by atoms with E-state index in [2.05, 4.69) is 10.2 Å². The van der Waals surface area contributed by atoms with E-state index in [9.17, 15) is 17.6 Å². The van der Waals surface area contributed by atoms with E-state index in [0.29, 0.717) is 6.42 Å². The minimum Gasteiger partial charge on any atom is -0.461 e. The van der Waals surface area contributed by atoms with Gasteiger partial charge in [0.2, 0.25) is 0 Å². The molecule has 0 amide bonds. The van der Waals surface area contributed by atoms with Crippen molar-refractivity contribution in [1.29, 1.82) is 0 Å². The fourth-order valence-electron chi connectivity index (χ4n) is 2.21. The molecule has 1 fully saturated rings. The molecule has 3 rings (SSSR count). The number of carbonyl (C=O) groups excluding carboxylic acids is 1. The maximum Gasteiger partial charge on any atom is 0.316 e. The lowest BCUT2D eigenvalue weighted by molar-refractivity contribution is -0.144. The van der Waals surface area contributed by atoms with Gasteiger partial charge in [-0.25, -0.2) is 12.8 Å². The van der Waals surface area contributed by atoms with Crippen molar-refractivity contribution in [3.8, 4) is 11.5 Å². The van der Waals surface area contributed by atoms with E-state index in [4.69, 9.17) is 9.15 Å². The summed E-state index contributed by atoms with van der Waals surface area (Å²) in [5, 5.41) is 7.58. The summed E-state index contributed by atoms with van der Waals surface area (Å²) >= 11 is 0.946. The Bertz CT molecular complexity index is 852. The molecule has 2 heterocycles. The number of aromatic nitrogens is 2. The second-order valence-electron chi connectivity index (χ2n) is 5.16. The van der Waals surface area contributed by atoms with Gasteiger partial charge in [0.15, 0.2) is 9.84 Å². The minimum absolute atomic E-state index is 0.0193. The molecular formula is C14H13FN2O5S2. The topological polar surface area (TPSA) is 99.4 Å². The molecular weight excluding hydrogens is 359 g/mol. The van der Waals surface area contributed by atoms with Crippen LogP contribution in [0.1, 0.15) is 6.42 Å². The Balaban J connectivity index is 1.54. The number of thioether (sulfide) groups is 1. The molecule has 0 unspecified atom stereocenters. The summed E-state index contributed by atoms with van der Waals surface area (Å²) in [5.41, 5.74) is 0.176. The van der Waals surface area contributed by atoms with E-state index in [0.717, 1.165) is 11.8 Å². The van der Waals surface area contributed by atoms with Gasteiger partial charge in [0.05, 0.1) is 17.1 Å². The standard InChI is InChI=1S/C14H13FN2O5S2/c15-11-4-2-1-3-10(11)13-16-17-14(22-13)23-7-12(18)21-9-5-6-24(19,20)8-9/h1-4,9H,5-8H2/t9-/m0/s1. The molecule has 0 spiro atoms. The van der Waals surface area contributed by atoms with Crippen LogP contribution in [0.4, 0.5) is 4.39 Å². The van der Waals surface area contributed by atoms with Gasteiger partial charge >= 0.3 is 5.97 Å². The summed E-state index contributed by atoms with van der Waals surface area (Å²) in [6.45, 7) is 0. The predicted octanol–water partition coefficient (Wildman–Crippen LogP) is 1.70. The van der Waals surface area contributed by atoms with Gasteiger partial charge in [-0.05, 0) is 18.6 Å². The number of rotatable bonds is 5. The highest BCUT2D eigenvalue weighted by Gasteiger charge is 2.30. The first-order valence-corrected chi connectivity index (χ1v) is 9.85. The lowest BCUT2D eigenvalue weighted by Gasteiger charge is -2.08. The van der Waals surface area contributed by atoms with Crippen LogP contribution in [0.15, 0.2) is 33.9 Å². The zero-order valence-corrected chi connectivity index (χ0v) is 14.0. The van der Waals surface area contributed by atoms with Crippen LogP contribution >= 0.6 is 11.8 Å². The fourth-order valence-corrected chi connectivity index (χ4v) is 4.34. The highest BCUT2D eigenvalue weighted by molar-refractivity contribution is 7.99. The molecule has 0 radical (unpaired) electrons. The molecule has 1 aliphatic rings. The molecule has 2 aromatic rings. The molecule has 128 valence electrons. The molecule has 0 aliphatic carbocycles. The van der Waals surface area contributed by atoms with Crippen LogP contribution in [-0.2, 0) is 19.4 Å². The third kappa shape index (κ3) is 4.12. The van der Waals surface area contributed by atoms with E-state index < -0.39 is 27.7 Å². The monoisotopic (exact) mass is 372 g/mol. The van der Waals surface area contributed by atoms with Gasteiger partial charge in [0.25, 0.3) is 11.1 Å². The average Bonchev–Trinajstić information content (AvgIpc) is 3.12. The van der Waals surface area contributed by atoms with Crippen molar-refractivity contribution in [2.75, 3.05) is 17.3 Å². The molecule has 1 aliphatic heterocycles. The van der Waals surface area contributed by atoms with Crippen molar-refractivity contribution in [3.63, 3.8) is 0 Å². The second kappa shape index (κ2) is 6.89. The second-order valence-corrected chi connectivity index (χ2v) is 8.31. The van der Waals surface area contributed by atoms with Crippen LogP contribution in [0.2, 0.25) is 0 Å². The lowest BCUT2D eigenvalue weighted by Crippen LogP contribution is -2.20. The van der Waals surface area contributed by atoms with Gasteiger partial charge < -0.3 is 9.15 Å². The van der Waals surface area contributed by atoms with E-state index in [1.807, 2.05) is 0 Å². The molecule has 7 nitrogen and oxygen atoms in total. The Kier molecular flexibility index (Phi) is 4.86. The third-order valence-corrected chi connectivity index (χ3v) is 5.84. The highest BCUT2D eigenvalue weighted by Crippen LogP contribution is 2.25. The summed E-state index contributed by atoms with van der Waals surface area (Å²) in [5.74, 6) is -1.23. The summed E-state index contributed by atoms with van der Waals surface area (Å²) < 4.78 is 46.6. The van der Waals surface area contributed by atoms with Crippen LogP contribution in [-0.4, -0.2) is 47.9 Å². The van der Waals surface area contributed by atoms with Gasteiger partial charge in [-0.15, -0.1) is 10.2 Å². The predicted molar refractivity (Wildman–Crippen MR) is 83.6 cm³/mol. The maximum absolute atomic E-state index is 13.6. The number of hydrogen-bond acceptors (Lipinski definition) is 8. The van der Waals surface area contributed by atoms with Crippen molar-refractivity contribution >= 4 is 27.6 Å². The van der Waals surface area contributed by atoms with Crippen LogP contribution in [0, 0.1) is 5.82 Å². The number of sulfone groups is 1. The number of carbonyl (C=O) groups is 1. The van der Waals surface area contributed by atoms with E-state index in [-0.39, 0.29) is 33.9 Å². The molecule has 1 aromatic heterocycles. The number of esters is 1. The van der Waals surface area contributed by atoms with E-state index in [1.54, 1.807) is 12.1 Å². The Morgan fingerprint density at radius 1 is 1.38 bits per heavy atom. The quantitative estimate of drug-likeness (QED) is 0.578. The van der Waals surface area contributed by atoms with Crippen LogP contribution < -0.4 is 0 Å². The normalized spacial score (nSPS) is 19.3. The van der Waals surface area contributed by atoms with Crippen LogP contribution in [0.3, 0.4) is 0 Å². The van der Waals surface area contributed by atoms with Gasteiger partial charge in [0, 0.05) is 0 Å². The summed E-state index contributed by atoms with van der Waals surface area (Å²) in [6.07, 6.45) is -0.281. The van der Waals surface area contributed by atoms with Crippen molar-refractivity contribution in [1.82, 2.24) is 10.2 Å². The zero-order chi connectivity index (χ0) is 17.2. The summed E-state index contributed by atoms with van der Waals surface area (Å²) in [7, 11) is -3.10. The summed E-state index contributed by atoms with van der Waals surface area (Å²) in [4.78, 5) is 11.7. The highest BCUT2D eigenvalue weighted by atomic mass is 32.2. The zero-order valence-electron chi connectivity index (χ0n) is 12.3. The van der Waals surface area contributed by atoms with Gasteiger partial charge in [-0.3, -0.25) is 4.79 Å². The molecule has 10 heteroatoms. The van der Waals surface area contributed by atoms with Gasteiger partial charge in [0.1, 0.15) is 17.7 Å². The molecule has 1 atom stereocenters. The summed E-state index contributed by atoms with van der Waals surface area (Å²) in [6, 6.07) is 5.97. The number of nitrogens with zero attached hydrogens (tertiary/aromatic N) is 2. The van der Waals surface area contributed by atoms with Crippen molar-refractivity contribution in [2.24, 2.45) is 0 Å². The average molecular weight is 372 g/mol. The molecule has 0 bridgehead atoms. The maximum atomic E-state index is 13.6. The first-order valence-electron chi connectivity index (χ1n) is 7.04. The largest absolute Gasteiger partial charge is 0.461 e. The van der Waals surface area contributed by atoms with Crippen LogP contribution in [0.5, 0.6) is 0 Å². The Labute approximate surface area is 141 Å². The fraction of sp³-hybridized carbons (Fsp3) is 0.357. The lowest BCUT2D eigenvalue weighted by atomic mass is 10.2. The Morgan fingerprint density at radius 3 is 2.88 bits per heavy atom. The number of hydrogen-bond donors (Lipinski definition) is 0. The van der Waals surface area contributed by atoms with Gasteiger partial charge in [-0.2, -0.15) is 0 Å². The van der Waals surface area contributed by atoms with Crippen molar-refractivity contribution in [3.05, 3.63) is 30.1 Å². The van der Waals surface area contributed by atoms with E-state index >= 15 is 0 Å². The molecule has 0 N–H and O–H groups in total. The van der Waals surface area contributed by atoms with Gasteiger partial charge in [-0.1, -0.05) is 23.9 Å². The SMILES string of the molecule is O=C(CSc1nnc(-c2ccccc2F)o1)O[C@H]1CCS(=O)(=O)C1. The van der Waals surface area contributed by atoms with Crippen LogP contribution in [0.25, 0.3) is 11.5 Å². The van der Waals surface area contributed by atoms with Crippen molar-refractivity contribution < 1.29 is 26.8 Å².